The Morgan fingerprint density at radius 1 is 1.06 bits per heavy atom. The third-order valence-electron chi connectivity index (χ3n) is 6.31. The molecule has 0 spiro atoms. The first-order valence-corrected chi connectivity index (χ1v) is 12.1. The first-order chi connectivity index (χ1) is 17.2. The SMILES string of the molecule is O=C(O)C1(COc2ncc(-c3ccc(Nc4nc5ccc(C(F)(F)F)cc5s4)cc3)cn2)CCCC1. The van der Waals surface area contributed by atoms with Crippen LogP contribution in [0.3, 0.4) is 0 Å². The van der Waals surface area contributed by atoms with Gasteiger partial charge in [0.2, 0.25) is 0 Å². The van der Waals surface area contributed by atoms with Crippen molar-refractivity contribution in [3.8, 4) is 17.1 Å². The van der Waals surface area contributed by atoms with Crippen LogP contribution in [0.2, 0.25) is 0 Å². The largest absolute Gasteiger partial charge is 0.481 e. The van der Waals surface area contributed by atoms with Gasteiger partial charge in [-0.25, -0.2) is 15.0 Å². The molecule has 186 valence electrons. The molecule has 0 amide bonds. The van der Waals surface area contributed by atoms with Gasteiger partial charge in [0.1, 0.15) is 12.0 Å². The minimum Gasteiger partial charge on any atom is -0.481 e. The number of benzene rings is 2. The molecule has 1 aliphatic carbocycles. The zero-order valence-electron chi connectivity index (χ0n) is 18.9. The molecule has 2 aromatic carbocycles. The first kappa shape index (κ1) is 24.0. The first-order valence-electron chi connectivity index (χ1n) is 11.3. The summed E-state index contributed by atoms with van der Waals surface area (Å²) in [7, 11) is 0. The van der Waals surface area contributed by atoms with E-state index in [0.29, 0.717) is 28.2 Å². The molecular weight excluding hydrogens is 493 g/mol. The monoisotopic (exact) mass is 514 g/mol. The van der Waals surface area contributed by atoms with Gasteiger partial charge in [-0.1, -0.05) is 36.3 Å². The van der Waals surface area contributed by atoms with Gasteiger partial charge < -0.3 is 15.2 Å². The van der Waals surface area contributed by atoms with Crippen molar-refractivity contribution >= 4 is 38.3 Å². The topological polar surface area (TPSA) is 97.2 Å². The second kappa shape index (κ2) is 9.38. The standard InChI is InChI=1S/C25H21F3N4O3S/c26-25(27,28)17-5-8-19-20(11-17)36-23(32-19)31-18-6-3-15(4-7-18)16-12-29-22(30-13-16)35-14-24(21(33)34)9-1-2-10-24/h3-8,11-13H,1-2,9-10,14H2,(H,31,32)(H,33,34). The molecule has 36 heavy (non-hydrogen) atoms. The highest BCUT2D eigenvalue weighted by Gasteiger charge is 2.42. The van der Waals surface area contributed by atoms with Gasteiger partial charge in [-0.15, -0.1) is 0 Å². The molecule has 2 N–H and O–H groups in total. The molecule has 2 aromatic heterocycles. The summed E-state index contributed by atoms with van der Waals surface area (Å²) in [6.45, 7) is 0.0470. The zero-order chi connectivity index (χ0) is 25.3. The molecule has 0 unspecified atom stereocenters. The Morgan fingerprint density at radius 3 is 2.39 bits per heavy atom. The number of carboxylic acid groups (broad SMARTS) is 1. The number of alkyl halides is 3. The van der Waals surface area contributed by atoms with Gasteiger partial charge in [0.05, 0.1) is 15.8 Å². The minimum atomic E-state index is -4.40. The van der Waals surface area contributed by atoms with Gasteiger partial charge in [-0.05, 0) is 48.7 Å². The van der Waals surface area contributed by atoms with E-state index in [9.17, 15) is 23.1 Å². The van der Waals surface area contributed by atoms with Crippen LogP contribution in [-0.2, 0) is 11.0 Å². The smallest absolute Gasteiger partial charge is 0.416 e. The van der Waals surface area contributed by atoms with Gasteiger partial charge in [-0.2, -0.15) is 13.2 Å². The van der Waals surface area contributed by atoms with Crippen molar-refractivity contribution in [1.29, 1.82) is 0 Å². The van der Waals surface area contributed by atoms with Crippen molar-refractivity contribution < 1.29 is 27.8 Å². The maximum absolute atomic E-state index is 12.9. The Morgan fingerprint density at radius 2 is 1.75 bits per heavy atom. The van der Waals surface area contributed by atoms with Crippen molar-refractivity contribution in [2.75, 3.05) is 11.9 Å². The number of aromatic nitrogens is 3. The molecule has 2 heterocycles. The molecule has 0 radical (unpaired) electrons. The molecule has 0 bridgehead atoms. The number of hydrogen-bond acceptors (Lipinski definition) is 7. The summed E-state index contributed by atoms with van der Waals surface area (Å²) in [5, 5.41) is 13.2. The second-order valence-corrected chi connectivity index (χ2v) is 9.77. The number of nitrogens with one attached hydrogen (secondary N) is 1. The summed E-state index contributed by atoms with van der Waals surface area (Å²) in [6, 6.07) is 11.0. The van der Waals surface area contributed by atoms with Crippen LogP contribution in [0, 0.1) is 5.41 Å². The summed E-state index contributed by atoms with van der Waals surface area (Å²) >= 11 is 1.15. The molecule has 7 nitrogen and oxygen atoms in total. The van der Waals surface area contributed by atoms with Gasteiger partial charge in [0.15, 0.2) is 5.13 Å². The Bertz CT molecular complexity index is 1380. The number of hydrogen-bond donors (Lipinski definition) is 2. The number of carboxylic acids is 1. The van der Waals surface area contributed by atoms with Crippen LogP contribution < -0.4 is 10.1 Å². The lowest BCUT2D eigenvalue weighted by Crippen LogP contribution is -2.34. The minimum absolute atomic E-state index is 0.0470. The molecule has 0 saturated heterocycles. The van der Waals surface area contributed by atoms with Crippen LogP contribution >= 0.6 is 11.3 Å². The van der Waals surface area contributed by atoms with E-state index in [0.717, 1.165) is 53.1 Å². The molecule has 11 heteroatoms. The van der Waals surface area contributed by atoms with Crippen LogP contribution in [0.4, 0.5) is 24.0 Å². The lowest BCUT2D eigenvalue weighted by atomic mass is 9.87. The fourth-order valence-electron chi connectivity index (χ4n) is 4.24. The lowest BCUT2D eigenvalue weighted by Gasteiger charge is -2.22. The predicted molar refractivity (Wildman–Crippen MR) is 129 cm³/mol. The molecule has 1 aliphatic rings. The lowest BCUT2D eigenvalue weighted by molar-refractivity contribution is -0.150. The Hall–Kier alpha value is -3.73. The summed E-state index contributed by atoms with van der Waals surface area (Å²) in [5.41, 5.74) is 1.26. The van der Waals surface area contributed by atoms with Crippen molar-refractivity contribution in [2.24, 2.45) is 5.41 Å². The van der Waals surface area contributed by atoms with E-state index < -0.39 is 23.1 Å². The number of anilines is 2. The molecule has 1 saturated carbocycles. The summed E-state index contributed by atoms with van der Waals surface area (Å²) < 4.78 is 44.9. The van der Waals surface area contributed by atoms with E-state index in [-0.39, 0.29) is 12.6 Å². The summed E-state index contributed by atoms with van der Waals surface area (Å²) in [6.07, 6.45) is 1.75. The van der Waals surface area contributed by atoms with Crippen LogP contribution in [0.25, 0.3) is 21.3 Å². The fourth-order valence-corrected chi connectivity index (χ4v) is 5.16. The third kappa shape index (κ3) is 4.97. The van der Waals surface area contributed by atoms with E-state index in [4.69, 9.17) is 4.74 Å². The van der Waals surface area contributed by atoms with Crippen LogP contribution in [0.1, 0.15) is 31.2 Å². The Kier molecular flexibility index (Phi) is 6.25. The highest BCUT2D eigenvalue weighted by molar-refractivity contribution is 7.22. The maximum Gasteiger partial charge on any atom is 0.416 e. The molecule has 5 rings (SSSR count). The number of thiazole rings is 1. The third-order valence-corrected chi connectivity index (χ3v) is 7.24. The fraction of sp³-hybridized carbons (Fsp3) is 0.280. The molecular formula is C25H21F3N4O3S. The van der Waals surface area contributed by atoms with Crippen molar-refractivity contribution in [2.45, 2.75) is 31.9 Å². The summed E-state index contributed by atoms with van der Waals surface area (Å²) in [5.74, 6) is -0.845. The molecule has 1 fully saturated rings. The van der Waals surface area contributed by atoms with Crippen LogP contribution in [0.15, 0.2) is 54.9 Å². The number of halogens is 3. The number of nitrogens with zero attached hydrogens (tertiary/aromatic N) is 3. The maximum atomic E-state index is 12.9. The van der Waals surface area contributed by atoms with E-state index in [2.05, 4.69) is 20.3 Å². The molecule has 0 aliphatic heterocycles. The normalized spacial score (nSPS) is 15.2. The van der Waals surface area contributed by atoms with E-state index in [1.807, 2.05) is 24.3 Å². The Balaban J connectivity index is 1.23. The number of fused-ring (bicyclic) bond motifs is 1. The van der Waals surface area contributed by atoms with Crippen LogP contribution in [-0.4, -0.2) is 32.6 Å². The van der Waals surface area contributed by atoms with E-state index in [1.54, 1.807) is 12.4 Å². The highest BCUT2D eigenvalue weighted by Crippen LogP contribution is 2.39. The summed E-state index contributed by atoms with van der Waals surface area (Å²) in [4.78, 5) is 24.4. The number of ether oxygens (including phenoxy) is 1. The van der Waals surface area contributed by atoms with Gasteiger partial charge in [0, 0.05) is 23.6 Å². The quantitative estimate of drug-likeness (QED) is 0.289. The number of carbonyl (C=O) groups is 1. The van der Waals surface area contributed by atoms with Gasteiger partial charge in [0.25, 0.3) is 0 Å². The zero-order valence-corrected chi connectivity index (χ0v) is 19.7. The average Bonchev–Trinajstić information content (AvgIpc) is 3.50. The van der Waals surface area contributed by atoms with E-state index in [1.165, 1.54) is 6.07 Å². The van der Waals surface area contributed by atoms with Crippen LogP contribution in [0.5, 0.6) is 6.01 Å². The van der Waals surface area contributed by atoms with Crippen molar-refractivity contribution in [3.63, 3.8) is 0 Å². The number of rotatable bonds is 7. The molecule has 0 atom stereocenters. The molecule has 4 aromatic rings. The highest BCUT2D eigenvalue weighted by atomic mass is 32.1. The predicted octanol–water partition coefficient (Wildman–Crippen LogP) is 6.54. The second-order valence-electron chi connectivity index (χ2n) is 8.74. The van der Waals surface area contributed by atoms with Gasteiger partial charge in [-0.3, -0.25) is 4.79 Å². The van der Waals surface area contributed by atoms with Crippen molar-refractivity contribution in [1.82, 2.24) is 15.0 Å². The van der Waals surface area contributed by atoms with E-state index >= 15 is 0 Å². The Labute approximate surface area is 208 Å². The van der Waals surface area contributed by atoms with Crippen molar-refractivity contribution in [3.05, 3.63) is 60.4 Å². The number of aliphatic carboxylic acids is 1. The van der Waals surface area contributed by atoms with Gasteiger partial charge >= 0.3 is 18.2 Å². The average molecular weight is 515 g/mol.